The Balaban J connectivity index is 1.80. The molecule has 0 saturated heterocycles. The minimum Gasteiger partial charge on any atom is -0.497 e. The maximum Gasteiger partial charge on any atom is 0.271 e. The Bertz CT molecular complexity index is 813. The third-order valence-electron chi connectivity index (χ3n) is 4.33. The van der Waals surface area contributed by atoms with E-state index in [1.165, 1.54) is 0 Å². The van der Waals surface area contributed by atoms with Crippen molar-refractivity contribution in [3.8, 4) is 5.75 Å². The fraction of sp³-hybridized carbons (Fsp3) is 0.333. The second kappa shape index (κ2) is 6.88. The number of nitrogens with two attached hydrogens (primary N) is 1. The third kappa shape index (κ3) is 3.33. The van der Waals surface area contributed by atoms with Gasteiger partial charge in [0.05, 0.1) is 7.11 Å². The number of aromatic nitrogens is 1. The standard InChI is InChI=1S/C18H21N3O3/c1-24-13-7-4-6-12(9-13)16(19)18(23)21-15-10-11-5-2-3-8-14(11)20-17(15)22/h4,6-7,9-10,16H,2-3,5,8,19H2,1H3,(H,20,22)(H,21,23). The van der Waals surface area contributed by atoms with Crippen LogP contribution in [0.4, 0.5) is 5.69 Å². The van der Waals surface area contributed by atoms with Gasteiger partial charge in [-0.2, -0.15) is 0 Å². The van der Waals surface area contributed by atoms with Gasteiger partial charge >= 0.3 is 0 Å². The fourth-order valence-electron chi connectivity index (χ4n) is 2.96. The van der Waals surface area contributed by atoms with Crippen LogP contribution in [0.15, 0.2) is 35.1 Å². The van der Waals surface area contributed by atoms with E-state index in [1.54, 1.807) is 37.4 Å². The predicted molar refractivity (Wildman–Crippen MR) is 92.3 cm³/mol. The van der Waals surface area contributed by atoms with Gasteiger partial charge in [0.25, 0.3) is 5.56 Å². The van der Waals surface area contributed by atoms with E-state index in [0.29, 0.717) is 11.3 Å². The quantitative estimate of drug-likeness (QED) is 0.799. The average Bonchev–Trinajstić information content (AvgIpc) is 2.61. The smallest absolute Gasteiger partial charge is 0.271 e. The van der Waals surface area contributed by atoms with Crippen LogP contribution in [0, 0.1) is 0 Å². The van der Waals surface area contributed by atoms with Crippen LogP contribution in [0.1, 0.15) is 35.7 Å². The summed E-state index contributed by atoms with van der Waals surface area (Å²) in [4.78, 5) is 27.4. The molecule has 1 amide bonds. The van der Waals surface area contributed by atoms with Crippen molar-refractivity contribution in [3.05, 3.63) is 57.5 Å². The highest BCUT2D eigenvalue weighted by molar-refractivity contribution is 5.95. The van der Waals surface area contributed by atoms with Crippen LogP contribution in [0.3, 0.4) is 0 Å². The number of hydrogen-bond donors (Lipinski definition) is 3. The van der Waals surface area contributed by atoms with Gasteiger partial charge in [0, 0.05) is 5.69 Å². The van der Waals surface area contributed by atoms with Gasteiger partial charge in [-0.3, -0.25) is 9.59 Å². The van der Waals surface area contributed by atoms with Crippen molar-refractivity contribution < 1.29 is 9.53 Å². The van der Waals surface area contributed by atoms with Gasteiger partial charge < -0.3 is 20.8 Å². The van der Waals surface area contributed by atoms with Crippen molar-refractivity contribution in [2.75, 3.05) is 12.4 Å². The van der Waals surface area contributed by atoms with Crippen LogP contribution in [0.2, 0.25) is 0 Å². The number of aryl methyl sites for hydroxylation is 2. The molecule has 4 N–H and O–H groups in total. The van der Waals surface area contributed by atoms with Crippen molar-refractivity contribution >= 4 is 11.6 Å². The molecule has 24 heavy (non-hydrogen) atoms. The maximum atomic E-state index is 12.4. The summed E-state index contributed by atoms with van der Waals surface area (Å²) < 4.78 is 5.14. The minimum atomic E-state index is -0.879. The van der Waals surface area contributed by atoms with Gasteiger partial charge in [-0.1, -0.05) is 12.1 Å². The van der Waals surface area contributed by atoms with Crippen molar-refractivity contribution in [1.82, 2.24) is 4.98 Å². The molecule has 3 rings (SSSR count). The number of anilines is 1. The second-order valence-corrected chi connectivity index (χ2v) is 5.97. The number of aromatic amines is 1. The highest BCUT2D eigenvalue weighted by Crippen LogP contribution is 2.21. The molecule has 0 saturated carbocycles. The second-order valence-electron chi connectivity index (χ2n) is 5.97. The third-order valence-corrected chi connectivity index (χ3v) is 4.33. The topological polar surface area (TPSA) is 97.2 Å². The number of amides is 1. The average molecular weight is 327 g/mol. The predicted octanol–water partition coefficient (Wildman–Crippen LogP) is 1.90. The highest BCUT2D eigenvalue weighted by atomic mass is 16.5. The first-order valence-corrected chi connectivity index (χ1v) is 8.04. The molecule has 0 radical (unpaired) electrons. The number of nitrogens with one attached hydrogen (secondary N) is 2. The van der Waals surface area contributed by atoms with Crippen LogP contribution in [0.25, 0.3) is 0 Å². The fourth-order valence-corrected chi connectivity index (χ4v) is 2.96. The monoisotopic (exact) mass is 327 g/mol. The molecule has 0 aliphatic heterocycles. The molecule has 1 aromatic carbocycles. The Hall–Kier alpha value is -2.60. The lowest BCUT2D eigenvalue weighted by Crippen LogP contribution is -2.30. The van der Waals surface area contributed by atoms with E-state index in [4.69, 9.17) is 10.5 Å². The van der Waals surface area contributed by atoms with Crippen LogP contribution in [-0.2, 0) is 17.6 Å². The Labute approximate surface area is 140 Å². The lowest BCUT2D eigenvalue weighted by molar-refractivity contribution is -0.117. The Morgan fingerprint density at radius 2 is 2.08 bits per heavy atom. The minimum absolute atomic E-state index is 0.249. The van der Waals surface area contributed by atoms with Crippen LogP contribution >= 0.6 is 0 Å². The van der Waals surface area contributed by atoms with Crippen LogP contribution in [0.5, 0.6) is 5.75 Å². The van der Waals surface area contributed by atoms with Gasteiger partial charge in [-0.25, -0.2) is 0 Å². The van der Waals surface area contributed by atoms with Gasteiger partial charge in [0.1, 0.15) is 17.5 Å². The molecule has 1 atom stereocenters. The van der Waals surface area contributed by atoms with Gasteiger partial charge in [0.2, 0.25) is 5.91 Å². The molecule has 1 aliphatic rings. The lowest BCUT2D eigenvalue weighted by Gasteiger charge is -2.17. The first-order valence-electron chi connectivity index (χ1n) is 8.04. The zero-order valence-corrected chi connectivity index (χ0v) is 13.6. The van der Waals surface area contributed by atoms with E-state index in [-0.39, 0.29) is 11.2 Å². The number of fused-ring (bicyclic) bond motifs is 1. The molecule has 1 unspecified atom stereocenters. The molecule has 126 valence electrons. The van der Waals surface area contributed by atoms with Crippen molar-refractivity contribution in [3.63, 3.8) is 0 Å². The number of pyridine rings is 1. The zero-order chi connectivity index (χ0) is 17.1. The molecular weight excluding hydrogens is 306 g/mol. The highest BCUT2D eigenvalue weighted by Gasteiger charge is 2.19. The SMILES string of the molecule is COc1cccc(C(N)C(=O)Nc2cc3c([nH]c2=O)CCCC3)c1. The maximum absolute atomic E-state index is 12.4. The van der Waals surface area contributed by atoms with Gasteiger partial charge in [-0.05, 0) is 55.0 Å². The molecule has 0 bridgehead atoms. The van der Waals surface area contributed by atoms with Gasteiger partial charge in [0.15, 0.2) is 0 Å². The Morgan fingerprint density at radius 1 is 1.29 bits per heavy atom. The summed E-state index contributed by atoms with van der Waals surface area (Å²) in [5, 5.41) is 2.65. The summed E-state index contributed by atoms with van der Waals surface area (Å²) in [5.41, 5.74) is 8.67. The number of carbonyl (C=O) groups is 1. The summed E-state index contributed by atoms with van der Waals surface area (Å²) in [7, 11) is 1.55. The van der Waals surface area contributed by atoms with E-state index in [0.717, 1.165) is 36.9 Å². The number of ether oxygens (including phenoxy) is 1. The van der Waals surface area contributed by atoms with E-state index >= 15 is 0 Å². The number of benzene rings is 1. The zero-order valence-electron chi connectivity index (χ0n) is 13.6. The lowest BCUT2D eigenvalue weighted by atomic mass is 9.96. The van der Waals surface area contributed by atoms with Crippen LogP contribution in [-0.4, -0.2) is 18.0 Å². The van der Waals surface area contributed by atoms with Gasteiger partial charge in [-0.15, -0.1) is 0 Å². The molecule has 6 nitrogen and oxygen atoms in total. The summed E-state index contributed by atoms with van der Waals surface area (Å²) in [6.45, 7) is 0. The molecule has 0 spiro atoms. The van der Waals surface area contributed by atoms with Crippen molar-refractivity contribution in [2.45, 2.75) is 31.7 Å². The first kappa shape index (κ1) is 16.3. The molecule has 1 aromatic heterocycles. The van der Waals surface area contributed by atoms with Crippen molar-refractivity contribution in [1.29, 1.82) is 0 Å². The number of rotatable bonds is 4. The molecule has 1 aliphatic carbocycles. The Morgan fingerprint density at radius 3 is 2.88 bits per heavy atom. The molecule has 0 fully saturated rings. The largest absolute Gasteiger partial charge is 0.497 e. The first-order chi connectivity index (χ1) is 11.6. The summed E-state index contributed by atoms with van der Waals surface area (Å²) in [6.07, 6.45) is 3.96. The number of carbonyl (C=O) groups excluding carboxylic acids is 1. The Kier molecular flexibility index (Phi) is 4.66. The molecule has 1 heterocycles. The summed E-state index contributed by atoms with van der Waals surface area (Å²) >= 11 is 0. The molecule has 2 aromatic rings. The van der Waals surface area contributed by atoms with Crippen LogP contribution < -0.4 is 21.3 Å². The van der Waals surface area contributed by atoms with E-state index in [2.05, 4.69) is 10.3 Å². The molecular formula is C18H21N3O3. The number of methoxy groups -OCH3 is 1. The normalized spacial score (nSPS) is 14.6. The summed E-state index contributed by atoms with van der Waals surface area (Å²) in [5.74, 6) is 0.201. The van der Waals surface area contributed by atoms with E-state index in [9.17, 15) is 9.59 Å². The molecule has 6 heteroatoms. The van der Waals surface area contributed by atoms with Crippen molar-refractivity contribution in [2.24, 2.45) is 5.73 Å². The number of hydrogen-bond acceptors (Lipinski definition) is 4. The number of H-pyrrole nitrogens is 1. The van der Waals surface area contributed by atoms with E-state index in [1.807, 2.05) is 0 Å². The van der Waals surface area contributed by atoms with E-state index < -0.39 is 11.9 Å². The summed E-state index contributed by atoms with van der Waals surface area (Å²) in [6, 6.07) is 7.90.